The summed E-state index contributed by atoms with van der Waals surface area (Å²) in [5, 5.41) is 3.23. The van der Waals surface area contributed by atoms with Crippen molar-refractivity contribution in [2.45, 2.75) is 26.7 Å². The molecule has 5 nitrogen and oxygen atoms in total. The van der Waals surface area contributed by atoms with Crippen molar-refractivity contribution >= 4 is 23.1 Å². The number of likely N-dealkylation sites (tertiary alicyclic amines) is 1. The van der Waals surface area contributed by atoms with Gasteiger partial charge in [0.2, 0.25) is 0 Å². The second-order valence-corrected chi connectivity index (χ2v) is 6.70. The van der Waals surface area contributed by atoms with E-state index < -0.39 is 0 Å². The Balaban J connectivity index is 1.70. The van der Waals surface area contributed by atoms with E-state index in [1.165, 1.54) is 0 Å². The van der Waals surface area contributed by atoms with Gasteiger partial charge in [0.15, 0.2) is 5.78 Å². The predicted octanol–water partition coefficient (Wildman–Crippen LogP) is 3.90. The molecule has 5 heteroatoms. The van der Waals surface area contributed by atoms with Gasteiger partial charge in [0.05, 0.1) is 17.4 Å². The third-order valence-electron chi connectivity index (χ3n) is 4.64. The summed E-state index contributed by atoms with van der Waals surface area (Å²) in [6.45, 7) is 5.39. The molecule has 1 aliphatic heterocycles. The average molecular weight is 337 g/mol. The van der Waals surface area contributed by atoms with Crippen molar-refractivity contribution in [3.8, 4) is 0 Å². The molecular formula is C20H23N3O2. The van der Waals surface area contributed by atoms with Gasteiger partial charge in [0, 0.05) is 30.5 Å². The van der Waals surface area contributed by atoms with Crippen molar-refractivity contribution in [3.05, 3.63) is 53.9 Å². The van der Waals surface area contributed by atoms with Gasteiger partial charge in [-0.3, -0.25) is 14.6 Å². The lowest BCUT2D eigenvalue weighted by Crippen LogP contribution is -2.37. The first-order valence-electron chi connectivity index (χ1n) is 8.65. The molecule has 2 heterocycles. The number of hydrogen-bond donors (Lipinski definition) is 1. The van der Waals surface area contributed by atoms with Crippen molar-refractivity contribution in [2.24, 2.45) is 5.92 Å². The van der Waals surface area contributed by atoms with E-state index in [0.29, 0.717) is 17.0 Å². The van der Waals surface area contributed by atoms with Crippen LogP contribution in [0.1, 0.15) is 47.4 Å². The highest BCUT2D eigenvalue weighted by Crippen LogP contribution is 2.21. The molecule has 0 bridgehead atoms. The highest BCUT2D eigenvalue weighted by molar-refractivity contribution is 5.95. The van der Waals surface area contributed by atoms with Crippen LogP contribution in [0.3, 0.4) is 0 Å². The third-order valence-corrected chi connectivity index (χ3v) is 4.64. The monoisotopic (exact) mass is 337 g/mol. The summed E-state index contributed by atoms with van der Waals surface area (Å²) >= 11 is 0. The lowest BCUT2D eigenvalue weighted by atomic mass is 9.99. The molecule has 1 N–H and O–H groups in total. The smallest absolute Gasteiger partial charge is 0.255 e. The van der Waals surface area contributed by atoms with Crippen LogP contribution >= 0.6 is 0 Å². The normalized spacial score (nSPS) is 15.0. The highest BCUT2D eigenvalue weighted by Gasteiger charge is 2.21. The minimum absolute atomic E-state index is 0.0370. The molecule has 0 unspecified atom stereocenters. The fourth-order valence-corrected chi connectivity index (χ4v) is 2.97. The number of ketones is 1. The molecule has 1 fully saturated rings. The average Bonchev–Trinajstić information content (AvgIpc) is 2.62. The summed E-state index contributed by atoms with van der Waals surface area (Å²) in [5.41, 5.74) is 2.88. The molecule has 3 rings (SSSR count). The van der Waals surface area contributed by atoms with Crippen LogP contribution in [0.5, 0.6) is 0 Å². The van der Waals surface area contributed by atoms with Crippen LogP contribution in [0.2, 0.25) is 0 Å². The van der Waals surface area contributed by atoms with E-state index in [-0.39, 0.29) is 11.7 Å². The van der Waals surface area contributed by atoms with Crippen molar-refractivity contribution in [2.75, 3.05) is 18.4 Å². The van der Waals surface area contributed by atoms with Crippen LogP contribution in [-0.4, -0.2) is 34.7 Å². The van der Waals surface area contributed by atoms with Gasteiger partial charge >= 0.3 is 0 Å². The molecule has 1 amide bonds. The number of piperidine rings is 1. The van der Waals surface area contributed by atoms with E-state index in [9.17, 15) is 9.59 Å². The van der Waals surface area contributed by atoms with Crippen LogP contribution in [0.25, 0.3) is 0 Å². The first-order chi connectivity index (χ1) is 12.0. The SMILES string of the molecule is CC(=O)c1ccc(Nc2cncc(C(=O)N3CCC(C)CC3)c2)cc1. The largest absolute Gasteiger partial charge is 0.354 e. The van der Waals surface area contributed by atoms with E-state index in [2.05, 4.69) is 17.2 Å². The van der Waals surface area contributed by atoms with Crippen LogP contribution in [0, 0.1) is 5.92 Å². The van der Waals surface area contributed by atoms with Gasteiger partial charge in [-0.2, -0.15) is 0 Å². The summed E-state index contributed by atoms with van der Waals surface area (Å²) in [4.78, 5) is 30.1. The van der Waals surface area contributed by atoms with E-state index >= 15 is 0 Å². The maximum absolute atomic E-state index is 12.7. The van der Waals surface area contributed by atoms with Gasteiger partial charge in [-0.05, 0) is 56.0 Å². The van der Waals surface area contributed by atoms with Gasteiger partial charge in [-0.1, -0.05) is 6.92 Å². The van der Waals surface area contributed by atoms with Crippen LogP contribution in [-0.2, 0) is 0 Å². The number of rotatable bonds is 4. The van der Waals surface area contributed by atoms with Gasteiger partial charge < -0.3 is 10.2 Å². The summed E-state index contributed by atoms with van der Waals surface area (Å²) in [6, 6.07) is 9.07. The lowest BCUT2D eigenvalue weighted by Gasteiger charge is -2.30. The van der Waals surface area contributed by atoms with Crippen LogP contribution in [0.4, 0.5) is 11.4 Å². The molecule has 1 aromatic heterocycles. The second-order valence-electron chi connectivity index (χ2n) is 6.70. The fourth-order valence-electron chi connectivity index (χ4n) is 2.97. The number of Topliss-reactive ketones (excluding diaryl/α,β-unsaturated/α-hetero) is 1. The molecule has 0 radical (unpaired) electrons. The molecule has 25 heavy (non-hydrogen) atoms. The summed E-state index contributed by atoms with van der Waals surface area (Å²) in [5.74, 6) is 0.764. The van der Waals surface area contributed by atoms with Crippen molar-refractivity contribution < 1.29 is 9.59 Å². The van der Waals surface area contributed by atoms with E-state index in [4.69, 9.17) is 0 Å². The van der Waals surface area contributed by atoms with Crippen LogP contribution in [0.15, 0.2) is 42.7 Å². The van der Waals surface area contributed by atoms with Crippen molar-refractivity contribution in [1.82, 2.24) is 9.88 Å². The number of benzene rings is 1. The van der Waals surface area contributed by atoms with Gasteiger partial charge in [-0.15, -0.1) is 0 Å². The second kappa shape index (κ2) is 7.47. The molecule has 0 atom stereocenters. The maximum atomic E-state index is 12.7. The fraction of sp³-hybridized carbons (Fsp3) is 0.350. The molecule has 1 aromatic carbocycles. The van der Waals surface area contributed by atoms with Gasteiger partial charge in [0.1, 0.15) is 0 Å². The Bertz CT molecular complexity index is 763. The molecular weight excluding hydrogens is 314 g/mol. The van der Waals surface area contributed by atoms with Crippen molar-refractivity contribution in [1.29, 1.82) is 0 Å². The summed E-state index contributed by atoms with van der Waals surface area (Å²) in [7, 11) is 0. The number of aromatic nitrogens is 1. The third kappa shape index (κ3) is 4.24. The zero-order chi connectivity index (χ0) is 17.8. The van der Waals surface area contributed by atoms with Gasteiger partial charge in [0.25, 0.3) is 5.91 Å². The minimum atomic E-state index is 0.0370. The Hall–Kier alpha value is -2.69. The molecule has 0 spiro atoms. The Morgan fingerprint density at radius 1 is 1.04 bits per heavy atom. The molecule has 2 aromatic rings. The number of nitrogens with one attached hydrogen (secondary N) is 1. The summed E-state index contributed by atoms with van der Waals surface area (Å²) < 4.78 is 0. The molecule has 1 aliphatic rings. The van der Waals surface area contributed by atoms with E-state index in [1.807, 2.05) is 23.1 Å². The molecule has 0 saturated carbocycles. The first kappa shape index (κ1) is 17.1. The van der Waals surface area contributed by atoms with Gasteiger partial charge in [-0.25, -0.2) is 0 Å². The van der Waals surface area contributed by atoms with E-state index in [0.717, 1.165) is 37.3 Å². The van der Waals surface area contributed by atoms with Crippen LogP contribution < -0.4 is 5.32 Å². The molecule has 0 aliphatic carbocycles. The number of hydrogen-bond acceptors (Lipinski definition) is 4. The first-order valence-corrected chi connectivity index (χ1v) is 8.65. The predicted molar refractivity (Wildman–Crippen MR) is 98.3 cm³/mol. The Morgan fingerprint density at radius 3 is 2.36 bits per heavy atom. The quantitative estimate of drug-likeness (QED) is 0.860. The molecule has 1 saturated heterocycles. The number of carbonyl (C=O) groups is 2. The number of anilines is 2. The number of amides is 1. The Morgan fingerprint density at radius 2 is 1.72 bits per heavy atom. The topological polar surface area (TPSA) is 62.3 Å². The molecule has 130 valence electrons. The minimum Gasteiger partial charge on any atom is -0.354 e. The summed E-state index contributed by atoms with van der Waals surface area (Å²) in [6.07, 6.45) is 5.41. The number of carbonyl (C=O) groups excluding carboxylic acids is 2. The number of pyridine rings is 1. The lowest BCUT2D eigenvalue weighted by molar-refractivity contribution is 0.0696. The zero-order valence-corrected chi connectivity index (χ0v) is 14.7. The van der Waals surface area contributed by atoms with Crippen molar-refractivity contribution in [3.63, 3.8) is 0 Å². The number of nitrogens with zero attached hydrogens (tertiary/aromatic N) is 2. The Labute approximate surface area is 148 Å². The Kier molecular flexibility index (Phi) is 5.12. The van der Waals surface area contributed by atoms with E-state index in [1.54, 1.807) is 31.5 Å². The maximum Gasteiger partial charge on any atom is 0.255 e. The zero-order valence-electron chi connectivity index (χ0n) is 14.7. The standard InChI is InChI=1S/C20H23N3O2/c1-14-7-9-23(10-8-14)20(25)17-11-19(13-21-12-17)22-18-5-3-16(4-6-18)15(2)24/h3-6,11-14,22H,7-10H2,1-2H3. The highest BCUT2D eigenvalue weighted by atomic mass is 16.2.